The van der Waals surface area contributed by atoms with Crippen LogP contribution >= 0.6 is 0 Å². The summed E-state index contributed by atoms with van der Waals surface area (Å²) in [5.74, 6) is -0.984. The topological polar surface area (TPSA) is 87.0 Å². The maximum absolute atomic E-state index is 10.9. The standard InChI is InChI=1S/C10H13BO5/c1-6(2)16-9-5-7(11(14)15)3-4-8(9)10(12)13/h3-6,14-15H,1-2H3,(H,12,13). The Morgan fingerprint density at radius 3 is 2.44 bits per heavy atom. The highest BCUT2D eigenvalue weighted by Gasteiger charge is 2.18. The van der Waals surface area contributed by atoms with E-state index < -0.39 is 13.1 Å². The molecule has 0 aliphatic rings. The van der Waals surface area contributed by atoms with Gasteiger partial charge in [0.1, 0.15) is 11.3 Å². The van der Waals surface area contributed by atoms with Gasteiger partial charge in [-0.1, -0.05) is 6.07 Å². The summed E-state index contributed by atoms with van der Waals surface area (Å²) < 4.78 is 5.29. The van der Waals surface area contributed by atoms with Crippen LogP contribution in [-0.4, -0.2) is 34.3 Å². The Balaban J connectivity index is 3.15. The summed E-state index contributed by atoms with van der Waals surface area (Å²) in [5.41, 5.74) is 0.193. The van der Waals surface area contributed by atoms with E-state index in [0.717, 1.165) is 0 Å². The Kier molecular flexibility index (Phi) is 3.92. The molecule has 86 valence electrons. The first kappa shape index (κ1) is 12.5. The number of carboxylic acids is 1. The van der Waals surface area contributed by atoms with Crippen LogP contribution in [0.25, 0.3) is 0 Å². The first-order valence-electron chi connectivity index (χ1n) is 4.82. The SMILES string of the molecule is CC(C)Oc1cc(B(O)O)ccc1C(=O)O. The predicted molar refractivity (Wildman–Crippen MR) is 59.0 cm³/mol. The summed E-state index contributed by atoms with van der Waals surface area (Å²) >= 11 is 0. The molecule has 5 nitrogen and oxygen atoms in total. The quantitative estimate of drug-likeness (QED) is 0.619. The molecule has 0 aliphatic carbocycles. The van der Waals surface area contributed by atoms with E-state index in [1.165, 1.54) is 18.2 Å². The van der Waals surface area contributed by atoms with Gasteiger partial charge in [0.15, 0.2) is 0 Å². The average molecular weight is 224 g/mol. The van der Waals surface area contributed by atoms with Gasteiger partial charge in [0, 0.05) is 0 Å². The summed E-state index contributed by atoms with van der Waals surface area (Å²) in [4.78, 5) is 10.9. The van der Waals surface area contributed by atoms with E-state index in [1.54, 1.807) is 13.8 Å². The van der Waals surface area contributed by atoms with Crippen molar-refractivity contribution < 1.29 is 24.7 Å². The van der Waals surface area contributed by atoms with Crippen LogP contribution in [0.4, 0.5) is 0 Å². The fourth-order valence-corrected chi connectivity index (χ4v) is 1.23. The van der Waals surface area contributed by atoms with Gasteiger partial charge in [-0.15, -0.1) is 0 Å². The number of ether oxygens (including phenoxy) is 1. The van der Waals surface area contributed by atoms with Gasteiger partial charge >= 0.3 is 13.1 Å². The van der Waals surface area contributed by atoms with Crippen molar-refractivity contribution in [3.05, 3.63) is 23.8 Å². The van der Waals surface area contributed by atoms with Crippen molar-refractivity contribution in [1.29, 1.82) is 0 Å². The lowest BCUT2D eigenvalue weighted by Crippen LogP contribution is -2.30. The molecular formula is C10H13BO5. The number of aromatic carboxylic acids is 1. The van der Waals surface area contributed by atoms with E-state index in [9.17, 15) is 4.79 Å². The smallest absolute Gasteiger partial charge is 0.488 e. The molecule has 1 rings (SSSR count). The molecule has 16 heavy (non-hydrogen) atoms. The second-order valence-corrected chi connectivity index (χ2v) is 3.60. The van der Waals surface area contributed by atoms with Crippen LogP contribution in [0.2, 0.25) is 0 Å². The normalized spacial score (nSPS) is 10.3. The van der Waals surface area contributed by atoms with Crippen molar-refractivity contribution in [1.82, 2.24) is 0 Å². The second-order valence-electron chi connectivity index (χ2n) is 3.60. The highest BCUT2D eigenvalue weighted by Crippen LogP contribution is 2.18. The van der Waals surface area contributed by atoms with Gasteiger partial charge in [-0.3, -0.25) is 0 Å². The fraction of sp³-hybridized carbons (Fsp3) is 0.300. The maximum Gasteiger partial charge on any atom is 0.488 e. The van der Waals surface area contributed by atoms with Crippen LogP contribution in [0.3, 0.4) is 0 Å². The lowest BCUT2D eigenvalue weighted by atomic mass is 9.80. The molecule has 1 aromatic rings. The van der Waals surface area contributed by atoms with E-state index in [-0.39, 0.29) is 22.9 Å². The molecule has 0 saturated carbocycles. The largest absolute Gasteiger partial charge is 0.490 e. The van der Waals surface area contributed by atoms with Crippen LogP contribution in [0.5, 0.6) is 5.75 Å². The molecule has 6 heteroatoms. The molecular weight excluding hydrogens is 211 g/mol. The molecule has 0 aliphatic heterocycles. The van der Waals surface area contributed by atoms with Gasteiger partial charge < -0.3 is 19.9 Å². The fourth-order valence-electron chi connectivity index (χ4n) is 1.23. The molecule has 0 amide bonds. The minimum absolute atomic E-state index is 0.00176. The zero-order valence-electron chi connectivity index (χ0n) is 9.04. The molecule has 3 N–H and O–H groups in total. The Labute approximate surface area is 93.4 Å². The summed E-state index contributed by atoms with van der Waals surface area (Å²) in [7, 11) is -1.64. The van der Waals surface area contributed by atoms with E-state index >= 15 is 0 Å². The first-order chi connectivity index (χ1) is 7.41. The Hall–Kier alpha value is -1.53. The third-order valence-electron chi connectivity index (χ3n) is 1.90. The van der Waals surface area contributed by atoms with Crippen LogP contribution in [-0.2, 0) is 0 Å². The van der Waals surface area contributed by atoms with Gasteiger partial charge in [0.05, 0.1) is 6.10 Å². The minimum Gasteiger partial charge on any atom is -0.490 e. The lowest BCUT2D eigenvalue weighted by molar-refractivity contribution is 0.0690. The van der Waals surface area contributed by atoms with Gasteiger partial charge in [-0.25, -0.2) is 4.79 Å². The minimum atomic E-state index is -1.64. The number of hydrogen-bond acceptors (Lipinski definition) is 4. The third kappa shape index (κ3) is 2.98. The average Bonchev–Trinajstić information content (AvgIpc) is 2.15. The Morgan fingerprint density at radius 2 is 2.00 bits per heavy atom. The van der Waals surface area contributed by atoms with E-state index in [4.69, 9.17) is 19.9 Å². The van der Waals surface area contributed by atoms with E-state index in [2.05, 4.69) is 0 Å². The number of carbonyl (C=O) groups is 1. The molecule has 0 unspecified atom stereocenters. The van der Waals surface area contributed by atoms with Gasteiger partial charge in [-0.05, 0) is 31.4 Å². The summed E-state index contributed by atoms with van der Waals surface area (Å²) in [5, 5.41) is 26.8. The van der Waals surface area contributed by atoms with Gasteiger partial charge in [0.2, 0.25) is 0 Å². The summed E-state index contributed by atoms with van der Waals surface area (Å²) in [6.07, 6.45) is -0.191. The zero-order valence-corrected chi connectivity index (χ0v) is 9.04. The first-order valence-corrected chi connectivity index (χ1v) is 4.82. The molecule has 0 atom stereocenters. The highest BCUT2D eigenvalue weighted by atomic mass is 16.5. The van der Waals surface area contributed by atoms with Crippen molar-refractivity contribution in [3.63, 3.8) is 0 Å². The van der Waals surface area contributed by atoms with Gasteiger partial charge in [-0.2, -0.15) is 0 Å². The van der Waals surface area contributed by atoms with Gasteiger partial charge in [0.25, 0.3) is 0 Å². The van der Waals surface area contributed by atoms with Crippen LogP contribution < -0.4 is 10.2 Å². The second kappa shape index (κ2) is 5.00. The lowest BCUT2D eigenvalue weighted by Gasteiger charge is -2.13. The number of carboxylic acid groups (broad SMARTS) is 1. The van der Waals surface area contributed by atoms with Crippen molar-refractivity contribution in [2.24, 2.45) is 0 Å². The van der Waals surface area contributed by atoms with Crippen LogP contribution in [0.1, 0.15) is 24.2 Å². The van der Waals surface area contributed by atoms with Crippen molar-refractivity contribution in [2.45, 2.75) is 20.0 Å². The van der Waals surface area contributed by atoms with Crippen LogP contribution in [0, 0.1) is 0 Å². The van der Waals surface area contributed by atoms with Crippen molar-refractivity contribution in [2.75, 3.05) is 0 Å². The Bertz CT molecular complexity index is 389. The molecule has 0 bridgehead atoms. The van der Waals surface area contributed by atoms with E-state index in [0.29, 0.717) is 0 Å². The number of hydrogen-bond donors (Lipinski definition) is 3. The van der Waals surface area contributed by atoms with E-state index in [1.807, 2.05) is 0 Å². The zero-order chi connectivity index (χ0) is 12.3. The Morgan fingerprint density at radius 1 is 1.38 bits per heavy atom. The summed E-state index contributed by atoms with van der Waals surface area (Å²) in [6.45, 7) is 3.52. The molecule has 0 saturated heterocycles. The maximum atomic E-state index is 10.9. The molecule has 1 aromatic carbocycles. The number of benzene rings is 1. The van der Waals surface area contributed by atoms with Crippen molar-refractivity contribution >= 4 is 18.6 Å². The monoisotopic (exact) mass is 224 g/mol. The molecule has 0 aromatic heterocycles. The van der Waals surface area contributed by atoms with Crippen LogP contribution in [0.15, 0.2) is 18.2 Å². The third-order valence-corrected chi connectivity index (χ3v) is 1.90. The molecule has 0 radical (unpaired) electrons. The summed E-state index contributed by atoms with van der Waals surface area (Å²) in [6, 6.07) is 3.93. The molecule has 0 fully saturated rings. The molecule has 0 heterocycles. The highest BCUT2D eigenvalue weighted by molar-refractivity contribution is 6.58. The number of rotatable bonds is 4. The van der Waals surface area contributed by atoms with Crippen molar-refractivity contribution in [3.8, 4) is 5.75 Å². The molecule has 0 spiro atoms. The predicted octanol–water partition coefficient (Wildman–Crippen LogP) is -0.148.